The van der Waals surface area contributed by atoms with Gasteiger partial charge in [-0.2, -0.15) is 0 Å². The molecule has 29 heavy (non-hydrogen) atoms. The predicted molar refractivity (Wildman–Crippen MR) is 118 cm³/mol. The summed E-state index contributed by atoms with van der Waals surface area (Å²) in [6, 6.07) is 14.6. The van der Waals surface area contributed by atoms with Crippen LogP contribution in [0, 0.1) is 5.92 Å². The molecular formula is C25H29NO3. The third kappa shape index (κ3) is 7.24. The van der Waals surface area contributed by atoms with Gasteiger partial charge in [-0.25, -0.2) is 0 Å². The summed E-state index contributed by atoms with van der Waals surface area (Å²) in [5.74, 6) is 1.73. The lowest BCUT2D eigenvalue weighted by molar-refractivity contribution is -0.110. The number of likely N-dealkylation sites (tertiary alicyclic amines) is 1. The van der Waals surface area contributed by atoms with Crippen molar-refractivity contribution in [2.24, 2.45) is 5.92 Å². The van der Waals surface area contributed by atoms with E-state index in [9.17, 15) is 9.90 Å². The smallest absolute Gasteiger partial charge is 0.178 e. The first-order chi connectivity index (χ1) is 14.1. The molecule has 0 unspecified atom stereocenters. The van der Waals surface area contributed by atoms with Gasteiger partial charge in [0, 0.05) is 6.54 Å². The second-order valence-electron chi connectivity index (χ2n) is 7.61. The molecule has 1 heterocycles. The Morgan fingerprint density at radius 3 is 2.41 bits per heavy atom. The van der Waals surface area contributed by atoms with E-state index in [1.54, 1.807) is 30.4 Å². The van der Waals surface area contributed by atoms with Gasteiger partial charge in [0.05, 0.1) is 0 Å². The van der Waals surface area contributed by atoms with Gasteiger partial charge in [0.15, 0.2) is 5.78 Å². The van der Waals surface area contributed by atoms with Crippen LogP contribution >= 0.6 is 0 Å². The molecule has 2 aromatic rings. The maximum absolute atomic E-state index is 12.1. The van der Waals surface area contributed by atoms with Gasteiger partial charge >= 0.3 is 0 Å². The molecule has 1 fully saturated rings. The van der Waals surface area contributed by atoms with Crippen LogP contribution in [0.15, 0.2) is 60.7 Å². The molecule has 0 atom stereocenters. The number of phenolic OH excluding ortho intramolecular Hbond substituents is 1. The van der Waals surface area contributed by atoms with Crippen LogP contribution in [0.2, 0.25) is 0 Å². The highest BCUT2D eigenvalue weighted by Gasteiger charge is 2.15. The molecule has 0 bridgehead atoms. The Kier molecular flexibility index (Phi) is 7.65. The van der Waals surface area contributed by atoms with Crippen LogP contribution in [0.1, 0.15) is 30.9 Å². The number of ether oxygens (including phenoxy) is 1. The molecule has 1 saturated heterocycles. The van der Waals surface area contributed by atoms with Crippen molar-refractivity contribution in [2.75, 3.05) is 26.2 Å². The molecule has 0 amide bonds. The Morgan fingerprint density at radius 1 is 1.07 bits per heavy atom. The summed E-state index contributed by atoms with van der Waals surface area (Å²) in [4.78, 5) is 14.5. The average molecular weight is 392 g/mol. The number of nitrogens with zero attached hydrogens (tertiary/aromatic N) is 1. The summed E-state index contributed by atoms with van der Waals surface area (Å²) >= 11 is 0. The van der Waals surface area contributed by atoms with Gasteiger partial charge in [-0.3, -0.25) is 9.69 Å². The van der Waals surface area contributed by atoms with Crippen molar-refractivity contribution in [3.63, 3.8) is 0 Å². The quantitative estimate of drug-likeness (QED) is 0.657. The number of benzene rings is 2. The lowest BCUT2D eigenvalue weighted by atomic mass is 9.99. The molecule has 1 N–H and O–H groups in total. The van der Waals surface area contributed by atoms with E-state index in [0.717, 1.165) is 42.4 Å². The van der Waals surface area contributed by atoms with E-state index < -0.39 is 0 Å². The fourth-order valence-corrected chi connectivity index (χ4v) is 3.33. The third-order valence-corrected chi connectivity index (χ3v) is 5.16. The molecule has 0 saturated carbocycles. The van der Waals surface area contributed by atoms with Crippen molar-refractivity contribution in [3.05, 3.63) is 71.8 Å². The van der Waals surface area contributed by atoms with Crippen molar-refractivity contribution in [3.8, 4) is 11.5 Å². The fourth-order valence-electron chi connectivity index (χ4n) is 3.33. The minimum Gasteiger partial charge on any atom is -0.508 e. The van der Waals surface area contributed by atoms with Gasteiger partial charge in [-0.15, -0.1) is 0 Å². The van der Waals surface area contributed by atoms with Gasteiger partial charge in [-0.05, 0) is 79.4 Å². The van der Waals surface area contributed by atoms with Crippen molar-refractivity contribution in [1.82, 2.24) is 4.90 Å². The van der Waals surface area contributed by atoms with Crippen LogP contribution in [0.25, 0.3) is 12.2 Å². The Labute approximate surface area is 173 Å². The van der Waals surface area contributed by atoms with Crippen LogP contribution in [0.3, 0.4) is 0 Å². The Hall–Kier alpha value is -2.85. The Balaban J connectivity index is 1.47. The number of carbonyl (C=O) groups is 1. The molecule has 2 aromatic carbocycles. The Morgan fingerprint density at radius 2 is 1.72 bits per heavy atom. The van der Waals surface area contributed by atoms with E-state index in [4.69, 9.17) is 4.74 Å². The number of rotatable bonds is 8. The van der Waals surface area contributed by atoms with E-state index in [1.165, 1.54) is 25.0 Å². The molecule has 152 valence electrons. The first-order valence-corrected chi connectivity index (χ1v) is 10.2. The zero-order valence-electron chi connectivity index (χ0n) is 17.0. The van der Waals surface area contributed by atoms with Gasteiger partial charge < -0.3 is 9.84 Å². The summed E-state index contributed by atoms with van der Waals surface area (Å²) in [6.07, 6.45) is 9.04. The lowest BCUT2D eigenvalue weighted by Gasteiger charge is -2.29. The summed E-state index contributed by atoms with van der Waals surface area (Å²) in [5, 5.41) is 9.46. The van der Waals surface area contributed by atoms with Crippen LogP contribution in [-0.2, 0) is 4.79 Å². The minimum atomic E-state index is -0.112. The lowest BCUT2D eigenvalue weighted by Crippen LogP contribution is -2.35. The summed E-state index contributed by atoms with van der Waals surface area (Å²) in [6.45, 7) is 6.26. The molecule has 4 nitrogen and oxygen atoms in total. The summed E-state index contributed by atoms with van der Waals surface area (Å²) in [5.41, 5.74) is 1.71. The molecule has 0 spiro atoms. The third-order valence-electron chi connectivity index (χ3n) is 5.16. The van der Waals surface area contributed by atoms with Crippen molar-refractivity contribution in [1.29, 1.82) is 0 Å². The highest BCUT2D eigenvalue weighted by Crippen LogP contribution is 2.17. The molecule has 0 radical (unpaired) electrons. The number of aromatic hydroxyl groups is 1. The predicted octanol–water partition coefficient (Wildman–Crippen LogP) is 4.80. The standard InChI is InChI=1S/C25H29NO3/c1-20-12-14-26(15-13-20)16-17-29-25-7-3-5-22(19-25)9-11-23(27)10-8-21-4-2-6-24(28)18-21/h2-11,18-20,28H,12-17H2,1H3/b10-8+,11-9+. The van der Waals surface area contributed by atoms with Crippen LogP contribution in [-0.4, -0.2) is 42.0 Å². The molecule has 0 aliphatic carbocycles. The summed E-state index contributed by atoms with van der Waals surface area (Å²) in [7, 11) is 0. The number of phenols is 1. The molecule has 3 rings (SSSR count). The van der Waals surface area contributed by atoms with Gasteiger partial charge in [0.2, 0.25) is 0 Å². The zero-order chi connectivity index (χ0) is 20.5. The van der Waals surface area contributed by atoms with E-state index in [2.05, 4.69) is 11.8 Å². The SMILES string of the molecule is CC1CCN(CCOc2cccc(/C=C/C(=O)/C=C/c3cccc(O)c3)c2)CC1. The number of hydrogen-bond donors (Lipinski definition) is 1. The average Bonchev–Trinajstić information content (AvgIpc) is 2.73. The number of hydrogen-bond acceptors (Lipinski definition) is 4. The normalized spacial score (nSPS) is 15.9. The fraction of sp³-hybridized carbons (Fsp3) is 0.320. The van der Waals surface area contributed by atoms with Crippen molar-refractivity contribution in [2.45, 2.75) is 19.8 Å². The van der Waals surface area contributed by atoms with Gasteiger partial charge in [-0.1, -0.05) is 43.3 Å². The highest BCUT2D eigenvalue weighted by atomic mass is 16.5. The maximum atomic E-state index is 12.1. The number of allylic oxidation sites excluding steroid dienone is 2. The number of piperidine rings is 1. The Bertz CT molecular complexity index is 864. The number of carbonyl (C=O) groups excluding carboxylic acids is 1. The second kappa shape index (κ2) is 10.6. The first-order valence-electron chi connectivity index (χ1n) is 10.2. The molecule has 0 aromatic heterocycles. The largest absolute Gasteiger partial charge is 0.508 e. The monoisotopic (exact) mass is 391 g/mol. The van der Waals surface area contributed by atoms with E-state index in [1.807, 2.05) is 30.3 Å². The van der Waals surface area contributed by atoms with Crippen LogP contribution < -0.4 is 4.74 Å². The molecule has 4 heteroatoms. The van der Waals surface area contributed by atoms with Crippen LogP contribution in [0.4, 0.5) is 0 Å². The molecule has 1 aliphatic rings. The second-order valence-corrected chi connectivity index (χ2v) is 7.61. The highest BCUT2D eigenvalue weighted by molar-refractivity contribution is 6.04. The first kappa shape index (κ1) is 20.9. The molecular weight excluding hydrogens is 362 g/mol. The van der Waals surface area contributed by atoms with Crippen LogP contribution in [0.5, 0.6) is 11.5 Å². The number of ketones is 1. The molecule has 1 aliphatic heterocycles. The van der Waals surface area contributed by atoms with E-state index >= 15 is 0 Å². The minimum absolute atomic E-state index is 0.112. The summed E-state index contributed by atoms with van der Waals surface area (Å²) < 4.78 is 5.90. The van der Waals surface area contributed by atoms with E-state index in [0.29, 0.717) is 6.61 Å². The zero-order valence-corrected chi connectivity index (χ0v) is 17.0. The topological polar surface area (TPSA) is 49.8 Å². The van der Waals surface area contributed by atoms with E-state index in [-0.39, 0.29) is 11.5 Å². The van der Waals surface area contributed by atoms with Crippen molar-refractivity contribution >= 4 is 17.9 Å². The van der Waals surface area contributed by atoms with Gasteiger partial charge in [0.1, 0.15) is 18.1 Å². The van der Waals surface area contributed by atoms with Gasteiger partial charge in [0.25, 0.3) is 0 Å². The maximum Gasteiger partial charge on any atom is 0.178 e. The van der Waals surface area contributed by atoms with Crippen molar-refractivity contribution < 1.29 is 14.6 Å².